The molecule has 0 radical (unpaired) electrons. The second kappa shape index (κ2) is 8.16. The number of rotatable bonds is 4. The van der Waals surface area contributed by atoms with Crippen molar-refractivity contribution in [1.82, 2.24) is 0 Å². The van der Waals surface area contributed by atoms with Gasteiger partial charge in [0.1, 0.15) is 0 Å². The third-order valence-corrected chi connectivity index (χ3v) is 7.57. The zero-order chi connectivity index (χ0) is 19.8. The third kappa shape index (κ3) is 4.22. The van der Waals surface area contributed by atoms with Crippen molar-refractivity contribution < 1.29 is 19.0 Å². The Morgan fingerprint density at radius 3 is 2.48 bits per heavy atom. The van der Waals surface area contributed by atoms with Crippen LogP contribution in [-0.2, 0) is 0 Å². The van der Waals surface area contributed by atoms with Crippen LogP contribution in [0.2, 0.25) is 0 Å². The van der Waals surface area contributed by atoms with Gasteiger partial charge in [0, 0.05) is 6.42 Å². The highest BCUT2D eigenvalue weighted by atomic mass is 19.3. The van der Waals surface area contributed by atoms with E-state index < -0.39 is 18.6 Å². The second-order valence-electron chi connectivity index (χ2n) is 9.28. The van der Waals surface area contributed by atoms with E-state index in [1.54, 1.807) is 0 Å². The maximum Gasteiger partial charge on any atom is 0.238 e. The summed E-state index contributed by atoms with van der Waals surface area (Å²) in [4.78, 5) is 0. The van der Waals surface area contributed by atoms with Gasteiger partial charge in [0.05, 0.1) is 12.2 Å². The van der Waals surface area contributed by atoms with E-state index in [4.69, 9.17) is 0 Å². The van der Waals surface area contributed by atoms with Crippen molar-refractivity contribution in [2.24, 2.45) is 23.2 Å². The van der Waals surface area contributed by atoms with Crippen molar-refractivity contribution in [3.8, 4) is 0 Å². The van der Waals surface area contributed by atoms with Gasteiger partial charge < -0.3 is 10.2 Å². The molecule has 27 heavy (non-hydrogen) atoms. The summed E-state index contributed by atoms with van der Waals surface area (Å²) >= 11 is 0. The van der Waals surface area contributed by atoms with E-state index in [-0.39, 0.29) is 17.8 Å². The zero-order valence-electron chi connectivity index (χ0n) is 16.6. The van der Waals surface area contributed by atoms with Crippen molar-refractivity contribution in [1.29, 1.82) is 0 Å². The van der Waals surface area contributed by atoms with Crippen LogP contribution in [0, 0.1) is 23.2 Å². The Hall–Kier alpha value is -1.00. The van der Waals surface area contributed by atoms with E-state index in [9.17, 15) is 19.0 Å². The molecule has 152 valence electrons. The molecule has 0 aromatic rings. The molecule has 0 amide bonds. The fourth-order valence-electron chi connectivity index (χ4n) is 6.08. The summed E-state index contributed by atoms with van der Waals surface area (Å²) in [7, 11) is 0. The van der Waals surface area contributed by atoms with Gasteiger partial charge in [-0.05, 0) is 73.7 Å². The molecular weight excluding hydrogens is 346 g/mol. The Labute approximate surface area is 162 Å². The standard InChI is InChI=1S/C23H34F2O2/c1-14(11-22(24)25)18-8-9-19-17(5-4-10-23(18,19)3)7-6-16-12-20(26)15(2)21(27)13-16/h6-7,14,18-22,26-27H,2,4-5,8-13H2,1,3H3/b17-7+/t14-,18?,19?,20-,21-,23-/m1/s1. The number of halogens is 2. The quantitative estimate of drug-likeness (QED) is 0.640. The van der Waals surface area contributed by atoms with Crippen LogP contribution >= 0.6 is 0 Å². The SMILES string of the molecule is C=C1[C@H](O)CC(=C/C=C2\CCC[C@@]3(C)C2CCC3[C@H](C)CC(F)F)C[C@H]1O. The topological polar surface area (TPSA) is 40.5 Å². The number of fused-ring (bicyclic) bond motifs is 1. The molecule has 2 nitrogen and oxygen atoms in total. The number of allylic oxidation sites excluding steroid dienone is 3. The van der Waals surface area contributed by atoms with Gasteiger partial charge in [-0.25, -0.2) is 8.78 Å². The lowest BCUT2D eigenvalue weighted by Gasteiger charge is -2.44. The normalized spacial score (nSPS) is 39.7. The van der Waals surface area contributed by atoms with Crippen LogP contribution in [0.25, 0.3) is 0 Å². The summed E-state index contributed by atoms with van der Waals surface area (Å²) in [5.74, 6) is 0.906. The van der Waals surface area contributed by atoms with Crippen LogP contribution in [0.15, 0.2) is 35.5 Å². The Morgan fingerprint density at radius 2 is 1.85 bits per heavy atom. The number of hydrogen-bond donors (Lipinski definition) is 2. The lowest BCUT2D eigenvalue weighted by atomic mass is 9.61. The highest BCUT2D eigenvalue weighted by molar-refractivity contribution is 5.29. The maximum atomic E-state index is 12.9. The summed E-state index contributed by atoms with van der Waals surface area (Å²) < 4.78 is 25.8. The van der Waals surface area contributed by atoms with Crippen LogP contribution in [-0.4, -0.2) is 28.8 Å². The molecule has 6 atom stereocenters. The van der Waals surface area contributed by atoms with Crippen LogP contribution in [0.3, 0.4) is 0 Å². The average molecular weight is 381 g/mol. The molecule has 0 spiro atoms. The summed E-state index contributed by atoms with van der Waals surface area (Å²) in [5.41, 5.74) is 3.12. The predicted octanol–water partition coefficient (Wildman–Crippen LogP) is 5.42. The number of hydrogen-bond acceptors (Lipinski definition) is 2. The molecule has 0 heterocycles. The predicted molar refractivity (Wildman–Crippen MR) is 105 cm³/mol. The molecule has 2 N–H and O–H groups in total. The van der Waals surface area contributed by atoms with Crippen molar-refractivity contribution in [3.05, 3.63) is 35.5 Å². The van der Waals surface area contributed by atoms with E-state index in [0.29, 0.717) is 30.3 Å². The van der Waals surface area contributed by atoms with Crippen LogP contribution in [0.4, 0.5) is 8.78 Å². The van der Waals surface area contributed by atoms with Crippen molar-refractivity contribution in [2.45, 2.75) is 83.8 Å². The van der Waals surface area contributed by atoms with Gasteiger partial charge in [0.25, 0.3) is 0 Å². The van der Waals surface area contributed by atoms with Gasteiger partial charge in [-0.3, -0.25) is 0 Å². The largest absolute Gasteiger partial charge is 0.388 e. The number of aliphatic hydroxyl groups is 2. The van der Waals surface area contributed by atoms with Crippen LogP contribution in [0.1, 0.15) is 65.2 Å². The maximum absolute atomic E-state index is 12.9. The zero-order valence-corrected chi connectivity index (χ0v) is 16.6. The van der Waals surface area contributed by atoms with Crippen LogP contribution < -0.4 is 0 Å². The Bertz CT molecular complexity index is 608. The average Bonchev–Trinajstić information content (AvgIpc) is 2.94. The molecule has 4 heteroatoms. The van der Waals surface area contributed by atoms with Crippen molar-refractivity contribution >= 4 is 0 Å². The van der Waals surface area contributed by atoms with Crippen molar-refractivity contribution in [3.63, 3.8) is 0 Å². The molecule has 0 aromatic carbocycles. The lowest BCUT2D eigenvalue weighted by molar-refractivity contribution is 0.0522. The first-order valence-corrected chi connectivity index (χ1v) is 10.4. The van der Waals surface area contributed by atoms with Gasteiger partial charge in [-0.1, -0.05) is 43.7 Å². The highest BCUT2D eigenvalue weighted by Crippen LogP contribution is 2.59. The van der Waals surface area contributed by atoms with Gasteiger partial charge in [0.2, 0.25) is 6.43 Å². The fourth-order valence-corrected chi connectivity index (χ4v) is 6.08. The summed E-state index contributed by atoms with van der Waals surface area (Å²) in [6.07, 6.45) is 7.25. The highest BCUT2D eigenvalue weighted by Gasteiger charge is 2.50. The third-order valence-electron chi connectivity index (χ3n) is 7.57. The molecule has 3 fully saturated rings. The second-order valence-corrected chi connectivity index (χ2v) is 9.28. The monoisotopic (exact) mass is 380 g/mol. The van der Waals surface area contributed by atoms with Gasteiger partial charge in [0.15, 0.2) is 0 Å². The summed E-state index contributed by atoms with van der Waals surface area (Å²) in [6, 6.07) is 0. The van der Waals surface area contributed by atoms with Gasteiger partial charge in [-0.15, -0.1) is 0 Å². The van der Waals surface area contributed by atoms with E-state index in [2.05, 4.69) is 25.7 Å². The minimum Gasteiger partial charge on any atom is -0.388 e. The Morgan fingerprint density at radius 1 is 1.19 bits per heavy atom. The molecule has 3 rings (SSSR count). The molecule has 3 aliphatic carbocycles. The lowest BCUT2D eigenvalue weighted by Crippen LogP contribution is -2.36. The van der Waals surface area contributed by atoms with E-state index in [1.165, 1.54) is 5.57 Å². The Kier molecular flexibility index (Phi) is 6.27. The van der Waals surface area contributed by atoms with Crippen LogP contribution in [0.5, 0.6) is 0 Å². The molecule has 3 aliphatic rings. The fraction of sp³-hybridized carbons (Fsp3) is 0.739. The minimum atomic E-state index is -2.22. The van der Waals surface area contributed by atoms with E-state index >= 15 is 0 Å². The molecule has 0 saturated heterocycles. The molecular formula is C23H34F2O2. The summed E-state index contributed by atoms with van der Waals surface area (Å²) in [5, 5.41) is 20.1. The molecule has 0 aromatic heterocycles. The first-order chi connectivity index (χ1) is 12.7. The Balaban J connectivity index is 1.76. The number of alkyl halides is 2. The molecule has 0 aliphatic heterocycles. The van der Waals surface area contributed by atoms with E-state index in [0.717, 1.165) is 37.7 Å². The summed E-state index contributed by atoms with van der Waals surface area (Å²) in [6.45, 7) is 8.08. The first kappa shape index (κ1) is 20.7. The number of aliphatic hydroxyl groups excluding tert-OH is 2. The molecule has 2 unspecified atom stereocenters. The first-order valence-electron chi connectivity index (χ1n) is 10.4. The minimum absolute atomic E-state index is 0.00966. The molecule has 0 bridgehead atoms. The van der Waals surface area contributed by atoms with Gasteiger partial charge >= 0.3 is 0 Å². The van der Waals surface area contributed by atoms with E-state index in [1.807, 2.05) is 6.92 Å². The molecule has 3 saturated carbocycles. The van der Waals surface area contributed by atoms with Crippen molar-refractivity contribution in [2.75, 3.05) is 0 Å². The smallest absolute Gasteiger partial charge is 0.238 e. The van der Waals surface area contributed by atoms with Gasteiger partial charge in [-0.2, -0.15) is 0 Å².